The molecule has 4 aromatic rings. The number of benzene rings is 3. The minimum absolute atomic E-state index is 0.0730. The summed E-state index contributed by atoms with van der Waals surface area (Å²) >= 11 is 1.57. The molecule has 140 valence electrons. The molecule has 0 saturated carbocycles. The Hall–Kier alpha value is -3.18. The van der Waals surface area contributed by atoms with E-state index in [1.165, 1.54) is 0 Å². The van der Waals surface area contributed by atoms with Gasteiger partial charge in [-0.05, 0) is 36.2 Å². The highest BCUT2D eigenvalue weighted by Crippen LogP contribution is 2.31. The Morgan fingerprint density at radius 2 is 1.82 bits per heavy atom. The number of amides is 1. The van der Waals surface area contributed by atoms with Crippen molar-refractivity contribution in [3.63, 3.8) is 0 Å². The van der Waals surface area contributed by atoms with Crippen LogP contribution >= 0.6 is 11.3 Å². The number of fused-ring (bicyclic) bond motifs is 1. The number of carbonyl (C=O) groups excluding carboxylic acids is 1. The molecule has 0 unspecified atom stereocenters. The van der Waals surface area contributed by atoms with Crippen LogP contribution in [0.4, 0.5) is 5.69 Å². The molecule has 1 amide bonds. The van der Waals surface area contributed by atoms with Crippen LogP contribution in [0.2, 0.25) is 0 Å². The molecule has 28 heavy (non-hydrogen) atoms. The van der Waals surface area contributed by atoms with E-state index in [-0.39, 0.29) is 11.8 Å². The first-order valence-electron chi connectivity index (χ1n) is 9.07. The quantitative estimate of drug-likeness (QED) is 0.489. The van der Waals surface area contributed by atoms with Crippen LogP contribution in [0.3, 0.4) is 0 Å². The van der Waals surface area contributed by atoms with Gasteiger partial charge >= 0.3 is 0 Å². The highest BCUT2D eigenvalue weighted by molar-refractivity contribution is 7.18. The number of hydrogen-bond donors (Lipinski definition) is 1. The van der Waals surface area contributed by atoms with Crippen LogP contribution in [0.15, 0.2) is 78.9 Å². The summed E-state index contributed by atoms with van der Waals surface area (Å²) in [5, 5.41) is 3.85. The Bertz CT molecular complexity index is 1060. The Labute approximate surface area is 167 Å². The Morgan fingerprint density at radius 1 is 1.04 bits per heavy atom. The lowest BCUT2D eigenvalue weighted by molar-refractivity contribution is -0.117. The van der Waals surface area contributed by atoms with Crippen molar-refractivity contribution in [2.75, 3.05) is 12.4 Å². The Morgan fingerprint density at radius 3 is 2.61 bits per heavy atom. The van der Waals surface area contributed by atoms with Gasteiger partial charge in [-0.1, -0.05) is 48.5 Å². The van der Waals surface area contributed by atoms with Crippen LogP contribution in [-0.4, -0.2) is 18.0 Å². The van der Waals surface area contributed by atoms with Crippen molar-refractivity contribution in [1.82, 2.24) is 4.98 Å². The van der Waals surface area contributed by atoms with E-state index in [1.54, 1.807) is 18.4 Å². The van der Waals surface area contributed by atoms with Crippen molar-refractivity contribution in [3.8, 4) is 5.75 Å². The highest BCUT2D eigenvalue weighted by atomic mass is 32.1. The fourth-order valence-electron chi connectivity index (χ4n) is 3.11. The number of anilines is 1. The predicted octanol–water partition coefficient (Wildman–Crippen LogP) is 5.27. The number of rotatable bonds is 6. The standard InChI is InChI=1S/C23H20N2O2S/c1-27-18-11-7-10-17(15-18)24-22(26)19(14-16-8-3-2-4-9-16)23-25-20-12-5-6-13-21(20)28-23/h2-13,15,19H,14H2,1H3,(H,24,26)/t19-/m1/s1. The summed E-state index contributed by atoms with van der Waals surface area (Å²) in [4.78, 5) is 17.9. The zero-order chi connectivity index (χ0) is 19.3. The van der Waals surface area contributed by atoms with Crippen LogP contribution in [0, 0.1) is 0 Å². The van der Waals surface area contributed by atoms with Crippen molar-refractivity contribution in [1.29, 1.82) is 0 Å². The maximum atomic E-state index is 13.2. The second kappa shape index (κ2) is 8.23. The summed E-state index contributed by atoms with van der Waals surface area (Å²) < 4.78 is 6.34. The fourth-order valence-corrected chi connectivity index (χ4v) is 4.18. The number of thiazole rings is 1. The van der Waals surface area contributed by atoms with E-state index in [0.29, 0.717) is 17.9 Å². The van der Waals surface area contributed by atoms with Gasteiger partial charge in [0, 0.05) is 11.8 Å². The minimum atomic E-state index is -0.369. The molecule has 0 aliphatic rings. The third kappa shape index (κ3) is 4.05. The molecule has 3 aromatic carbocycles. The molecule has 0 radical (unpaired) electrons. The molecule has 0 aliphatic carbocycles. The molecule has 4 nitrogen and oxygen atoms in total. The van der Waals surface area contributed by atoms with Gasteiger partial charge in [0.2, 0.25) is 5.91 Å². The first-order valence-corrected chi connectivity index (χ1v) is 9.89. The lowest BCUT2D eigenvalue weighted by Gasteiger charge is -2.15. The van der Waals surface area contributed by atoms with Gasteiger partial charge in [-0.3, -0.25) is 4.79 Å². The fraction of sp³-hybridized carbons (Fsp3) is 0.130. The van der Waals surface area contributed by atoms with Gasteiger partial charge < -0.3 is 10.1 Å². The summed E-state index contributed by atoms with van der Waals surface area (Å²) in [6, 6.07) is 25.4. The van der Waals surface area contributed by atoms with Crippen molar-refractivity contribution in [2.45, 2.75) is 12.3 Å². The SMILES string of the molecule is COc1cccc(NC(=O)[C@@H](Cc2ccccc2)c2nc3ccccc3s2)c1. The number of para-hydroxylation sites is 1. The van der Waals surface area contributed by atoms with Gasteiger partial charge in [-0.2, -0.15) is 0 Å². The normalized spacial score (nSPS) is 11.9. The van der Waals surface area contributed by atoms with Crippen molar-refractivity contribution >= 4 is 33.1 Å². The molecule has 1 heterocycles. The van der Waals surface area contributed by atoms with Crippen molar-refractivity contribution in [2.24, 2.45) is 0 Å². The molecule has 1 aromatic heterocycles. The molecule has 4 rings (SSSR count). The van der Waals surface area contributed by atoms with E-state index in [2.05, 4.69) is 5.32 Å². The maximum absolute atomic E-state index is 13.2. The maximum Gasteiger partial charge on any atom is 0.234 e. The number of ether oxygens (including phenoxy) is 1. The first kappa shape index (κ1) is 18.2. The van der Waals surface area contributed by atoms with Gasteiger partial charge in [-0.15, -0.1) is 11.3 Å². The van der Waals surface area contributed by atoms with E-state index < -0.39 is 0 Å². The molecular formula is C23H20N2O2S. The summed E-state index contributed by atoms with van der Waals surface area (Å²) in [5.41, 5.74) is 2.74. The highest BCUT2D eigenvalue weighted by Gasteiger charge is 2.25. The largest absolute Gasteiger partial charge is 0.497 e. The molecule has 0 bridgehead atoms. The number of hydrogen-bond acceptors (Lipinski definition) is 4. The molecule has 5 heteroatoms. The summed E-state index contributed by atoms with van der Waals surface area (Å²) in [5.74, 6) is 0.263. The zero-order valence-electron chi connectivity index (χ0n) is 15.5. The van der Waals surface area contributed by atoms with Crippen molar-refractivity contribution < 1.29 is 9.53 Å². The predicted molar refractivity (Wildman–Crippen MR) is 114 cm³/mol. The van der Waals surface area contributed by atoms with Gasteiger partial charge in [0.1, 0.15) is 10.8 Å². The number of aromatic nitrogens is 1. The zero-order valence-corrected chi connectivity index (χ0v) is 16.3. The topological polar surface area (TPSA) is 51.2 Å². The van der Waals surface area contributed by atoms with E-state index >= 15 is 0 Å². The van der Waals surface area contributed by atoms with Gasteiger partial charge in [0.25, 0.3) is 0 Å². The summed E-state index contributed by atoms with van der Waals surface area (Å²) in [6.07, 6.45) is 0.594. The average Bonchev–Trinajstić information content (AvgIpc) is 3.16. The van der Waals surface area contributed by atoms with E-state index in [0.717, 1.165) is 20.8 Å². The molecular weight excluding hydrogens is 368 g/mol. The second-order valence-electron chi connectivity index (χ2n) is 6.48. The molecule has 0 spiro atoms. The summed E-state index contributed by atoms with van der Waals surface area (Å²) in [7, 11) is 1.61. The van der Waals surface area contributed by atoms with Crippen LogP contribution in [-0.2, 0) is 11.2 Å². The van der Waals surface area contributed by atoms with Crippen LogP contribution in [0.1, 0.15) is 16.5 Å². The van der Waals surface area contributed by atoms with Gasteiger partial charge in [-0.25, -0.2) is 4.98 Å². The third-order valence-corrected chi connectivity index (χ3v) is 5.70. The molecule has 0 fully saturated rings. The molecule has 0 aliphatic heterocycles. The number of carbonyl (C=O) groups is 1. The Kier molecular flexibility index (Phi) is 5.35. The van der Waals surface area contributed by atoms with Gasteiger partial charge in [0.05, 0.1) is 23.2 Å². The smallest absolute Gasteiger partial charge is 0.234 e. The van der Waals surface area contributed by atoms with Crippen LogP contribution < -0.4 is 10.1 Å². The Balaban J connectivity index is 1.66. The van der Waals surface area contributed by atoms with Gasteiger partial charge in [0.15, 0.2) is 0 Å². The second-order valence-corrected chi connectivity index (χ2v) is 7.55. The lowest BCUT2D eigenvalue weighted by atomic mass is 9.99. The van der Waals surface area contributed by atoms with E-state index in [9.17, 15) is 4.79 Å². The van der Waals surface area contributed by atoms with Crippen molar-refractivity contribution in [3.05, 3.63) is 89.4 Å². The third-order valence-electron chi connectivity index (χ3n) is 4.54. The molecule has 1 atom stereocenters. The average molecular weight is 388 g/mol. The van der Waals surface area contributed by atoms with E-state index in [4.69, 9.17) is 9.72 Å². The molecule has 0 saturated heterocycles. The first-order chi connectivity index (χ1) is 13.7. The van der Waals surface area contributed by atoms with E-state index in [1.807, 2.05) is 78.9 Å². The van der Waals surface area contributed by atoms with Crippen LogP contribution in [0.5, 0.6) is 5.75 Å². The lowest BCUT2D eigenvalue weighted by Crippen LogP contribution is -2.23. The minimum Gasteiger partial charge on any atom is -0.497 e. The van der Waals surface area contributed by atoms with Crippen LogP contribution in [0.25, 0.3) is 10.2 Å². The number of methoxy groups -OCH3 is 1. The monoisotopic (exact) mass is 388 g/mol. The summed E-state index contributed by atoms with van der Waals surface area (Å²) in [6.45, 7) is 0. The molecule has 1 N–H and O–H groups in total. The number of nitrogens with zero attached hydrogens (tertiary/aromatic N) is 1. The number of nitrogens with one attached hydrogen (secondary N) is 1.